The van der Waals surface area contributed by atoms with Crippen molar-refractivity contribution < 1.29 is 14.7 Å². The molecule has 1 amide bonds. The van der Waals surface area contributed by atoms with E-state index in [0.717, 1.165) is 0 Å². The SMILES string of the molecule is O=C(N[C@@H](C(=O)O)c1ccccc1)c1cc(Cl)ncc1Cl. The van der Waals surface area contributed by atoms with Gasteiger partial charge in [0.2, 0.25) is 0 Å². The molecular formula is C14H10Cl2N2O3. The largest absolute Gasteiger partial charge is 0.479 e. The molecule has 1 aromatic carbocycles. The van der Waals surface area contributed by atoms with Crippen molar-refractivity contribution in [1.29, 1.82) is 0 Å². The molecule has 1 aromatic heterocycles. The molecule has 2 aromatic rings. The minimum absolute atomic E-state index is 0.0684. The molecule has 108 valence electrons. The molecule has 0 aliphatic heterocycles. The van der Waals surface area contributed by atoms with Gasteiger partial charge < -0.3 is 10.4 Å². The van der Waals surface area contributed by atoms with Crippen LogP contribution in [0.3, 0.4) is 0 Å². The molecule has 0 saturated carbocycles. The molecule has 1 atom stereocenters. The summed E-state index contributed by atoms with van der Waals surface area (Å²) in [7, 11) is 0. The van der Waals surface area contributed by atoms with E-state index in [1.54, 1.807) is 30.3 Å². The van der Waals surface area contributed by atoms with Gasteiger partial charge in [-0.1, -0.05) is 53.5 Å². The second-order valence-electron chi connectivity index (χ2n) is 4.14. The zero-order valence-corrected chi connectivity index (χ0v) is 12.1. The van der Waals surface area contributed by atoms with Gasteiger partial charge in [-0.05, 0) is 11.6 Å². The number of carboxylic acids is 1. The topological polar surface area (TPSA) is 79.3 Å². The standard InChI is InChI=1S/C14H10Cl2N2O3/c15-10-7-17-11(16)6-9(10)13(19)18-12(14(20)21)8-4-2-1-3-5-8/h1-7,12H,(H,18,19)(H,20,21)/t12-/m1/s1. The van der Waals surface area contributed by atoms with Crippen molar-refractivity contribution in [3.63, 3.8) is 0 Å². The molecule has 0 spiro atoms. The van der Waals surface area contributed by atoms with E-state index in [9.17, 15) is 14.7 Å². The van der Waals surface area contributed by atoms with Crippen molar-refractivity contribution in [3.05, 3.63) is 63.9 Å². The molecule has 2 N–H and O–H groups in total. The van der Waals surface area contributed by atoms with E-state index in [1.165, 1.54) is 12.3 Å². The minimum atomic E-state index is -1.18. The molecule has 2 rings (SSSR count). The van der Waals surface area contributed by atoms with E-state index in [1.807, 2.05) is 0 Å². The van der Waals surface area contributed by atoms with Crippen LogP contribution in [-0.4, -0.2) is 22.0 Å². The number of aliphatic carboxylic acids is 1. The number of carbonyl (C=O) groups is 2. The predicted molar refractivity (Wildman–Crippen MR) is 78.5 cm³/mol. The molecule has 1 heterocycles. The lowest BCUT2D eigenvalue weighted by molar-refractivity contribution is -0.139. The first-order valence-corrected chi connectivity index (χ1v) is 6.64. The highest BCUT2D eigenvalue weighted by atomic mass is 35.5. The maximum Gasteiger partial charge on any atom is 0.330 e. The quantitative estimate of drug-likeness (QED) is 0.847. The lowest BCUT2D eigenvalue weighted by atomic mass is 10.1. The summed E-state index contributed by atoms with van der Waals surface area (Å²) in [5.74, 6) is -1.81. The number of amides is 1. The smallest absolute Gasteiger partial charge is 0.330 e. The number of aromatic nitrogens is 1. The highest BCUT2D eigenvalue weighted by Gasteiger charge is 2.23. The van der Waals surface area contributed by atoms with Gasteiger partial charge in [0, 0.05) is 6.20 Å². The summed E-state index contributed by atoms with van der Waals surface area (Å²) < 4.78 is 0. The minimum Gasteiger partial charge on any atom is -0.479 e. The van der Waals surface area contributed by atoms with Gasteiger partial charge in [-0.15, -0.1) is 0 Å². The molecular weight excluding hydrogens is 315 g/mol. The third-order valence-corrected chi connectivity index (χ3v) is 3.23. The van der Waals surface area contributed by atoms with E-state index < -0.39 is 17.9 Å². The van der Waals surface area contributed by atoms with E-state index in [-0.39, 0.29) is 15.7 Å². The molecule has 5 nitrogen and oxygen atoms in total. The fourth-order valence-corrected chi connectivity index (χ4v) is 2.08. The van der Waals surface area contributed by atoms with E-state index >= 15 is 0 Å². The molecule has 21 heavy (non-hydrogen) atoms. The fourth-order valence-electron chi connectivity index (χ4n) is 1.73. The Bertz CT molecular complexity index is 677. The van der Waals surface area contributed by atoms with Gasteiger partial charge in [-0.25, -0.2) is 9.78 Å². The Kier molecular flexibility index (Phi) is 4.77. The molecule has 0 saturated heterocycles. The van der Waals surface area contributed by atoms with Crippen LogP contribution in [0.4, 0.5) is 0 Å². The van der Waals surface area contributed by atoms with Crippen molar-refractivity contribution in [1.82, 2.24) is 10.3 Å². The summed E-state index contributed by atoms with van der Waals surface area (Å²) in [6, 6.07) is 8.45. The van der Waals surface area contributed by atoms with Crippen molar-refractivity contribution in [2.45, 2.75) is 6.04 Å². The van der Waals surface area contributed by atoms with Crippen LogP contribution in [0.15, 0.2) is 42.6 Å². The van der Waals surface area contributed by atoms with E-state index in [4.69, 9.17) is 23.2 Å². The van der Waals surface area contributed by atoms with Crippen molar-refractivity contribution in [2.75, 3.05) is 0 Å². The second-order valence-corrected chi connectivity index (χ2v) is 4.94. The van der Waals surface area contributed by atoms with Crippen molar-refractivity contribution in [3.8, 4) is 0 Å². The van der Waals surface area contributed by atoms with Gasteiger partial charge in [0.05, 0.1) is 10.6 Å². The van der Waals surface area contributed by atoms with Gasteiger partial charge in [0.25, 0.3) is 5.91 Å². The van der Waals surface area contributed by atoms with Crippen LogP contribution in [-0.2, 0) is 4.79 Å². The lowest BCUT2D eigenvalue weighted by Crippen LogP contribution is -2.33. The zero-order valence-electron chi connectivity index (χ0n) is 10.6. The van der Waals surface area contributed by atoms with Gasteiger partial charge in [-0.2, -0.15) is 0 Å². The van der Waals surface area contributed by atoms with Crippen LogP contribution in [0.25, 0.3) is 0 Å². The van der Waals surface area contributed by atoms with Crippen LogP contribution >= 0.6 is 23.2 Å². The number of benzene rings is 1. The monoisotopic (exact) mass is 324 g/mol. The summed E-state index contributed by atoms with van der Waals surface area (Å²) in [6.45, 7) is 0. The molecule has 0 radical (unpaired) electrons. The predicted octanol–water partition coefficient (Wildman–Crippen LogP) is 2.94. The summed E-state index contributed by atoms with van der Waals surface area (Å²) in [6.07, 6.45) is 1.23. The van der Waals surface area contributed by atoms with Gasteiger partial charge in [0.15, 0.2) is 6.04 Å². The Morgan fingerprint density at radius 2 is 1.86 bits per heavy atom. The normalized spacial score (nSPS) is 11.7. The first-order chi connectivity index (χ1) is 9.99. The summed E-state index contributed by atoms with van der Waals surface area (Å²) in [5, 5.41) is 11.9. The Morgan fingerprint density at radius 3 is 2.48 bits per heavy atom. The third kappa shape index (κ3) is 3.71. The van der Waals surface area contributed by atoms with Crippen LogP contribution in [0.1, 0.15) is 22.0 Å². The number of pyridine rings is 1. The number of halogens is 2. The van der Waals surface area contributed by atoms with Gasteiger partial charge in [-0.3, -0.25) is 4.79 Å². The van der Waals surface area contributed by atoms with Crippen LogP contribution in [0.2, 0.25) is 10.2 Å². The first kappa shape index (κ1) is 15.3. The Morgan fingerprint density at radius 1 is 1.19 bits per heavy atom. The molecule has 0 fully saturated rings. The summed E-state index contributed by atoms with van der Waals surface area (Å²) in [4.78, 5) is 27.2. The van der Waals surface area contributed by atoms with Gasteiger partial charge >= 0.3 is 5.97 Å². The van der Waals surface area contributed by atoms with E-state index in [0.29, 0.717) is 5.56 Å². The van der Waals surface area contributed by atoms with Crippen LogP contribution < -0.4 is 5.32 Å². The maximum absolute atomic E-state index is 12.2. The van der Waals surface area contributed by atoms with Crippen LogP contribution in [0, 0.1) is 0 Å². The molecule has 0 bridgehead atoms. The van der Waals surface area contributed by atoms with Crippen LogP contribution in [0.5, 0.6) is 0 Å². The van der Waals surface area contributed by atoms with Crippen molar-refractivity contribution in [2.24, 2.45) is 0 Å². The number of rotatable bonds is 4. The Hall–Kier alpha value is -2.11. The average Bonchev–Trinajstić information content (AvgIpc) is 2.47. The number of nitrogens with one attached hydrogen (secondary N) is 1. The third-order valence-electron chi connectivity index (χ3n) is 2.72. The average molecular weight is 325 g/mol. The molecule has 0 aliphatic carbocycles. The zero-order chi connectivity index (χ0) is 15.4. The van der Waals surface area contributed by atoms with E-state index in [2.05, 4.69) is 10.3 Å². The molecule has 7 heteroatoms. The highest BCUT2D eigenvalue weighted by Crippen LogP contribution is 2.20. The number of carboxylic acid groups (broad SMARTS) is 1. The number of nitrogens with zero attached hydrogens (tertiary/aromatic N) is 1. The molecule has 0 aliphatic rings. The lowest BCUT2D eigenvalue weighted by Gasteiger charge is -2.15. The molecule has 0 unspecified atom stereocenters. The fraction of sp³-hybridized carbons (Fsp3) is 0.0714. The number of hydrogen-bond donors (Lipinski definition) is 2. The Labute approximate surface area is 130 Å². The maximum atomic E-state index is 12.2. The highest BCUT2D eigenvalue weighted by molar-refractivity contribution is 6.35. The summed E-state index contributed by atoms with van der Waals surface area (Å²) >= 11 is 11.6. The number of carbonyl (C=O) groups excluding carboxylic acids is 1. The van der Waals surface area contributed by atoms with Crippen molar-refractivity contribution >= 4 is 35.1 Å². The van der Waals surface area contributed by atoms with Gasteiger partial charge in [0.1, 0.15) is 5.15 Å². The Balaban J connectivity index is 2.27. The number of hydrogen-bond acceptors (Lipinski definition) is 3. The second kappa shape index (κ2) is 6.56. The first-order valence-electron chi connectivity index (χ1n) is 5.88. The summed E-state index contributed by atoms with van der Waals surface area (Å²) in [5.41, 5.74) is 0.522.